The number of nitrogens with zero attached hydrogens (tertiary/aromatic N) is 1. The maximum Gasteiger partial charge on any atom is 0.185 e. The summed E-state index contributed by atoms with van der Waals surface area (Å²) in [7, 11) is 0.405. The van der Waals surface area contributed by atoms with E-state index in [4.69, 9.17) is 0 Å². The van der Waals surface area contributed by atoms with Gasteiger partial charge in [0, 0.05) is 5.54 Å². The van der Waals surface area contributed by atoms with Crippen LogP contribution in [0, 0.1) is 0 Å². The maximum atomic E-state index is 12.8. The lowest BCUT2D eigenvalue weighted by atomic mass is 10.1. The minimum absolute atomic E-state index is 0.108. The zero-order chi connectivity index (χ0) is 10.6. The summed E-state index contributed by atoms with van der Waals surface area (Å²) < 4.78 is 14.6. The predicted octanol–water partition coefficient (Wildman–Crippen LogP) is 1.96. The quantitative estimate of drug-likeness (QED) is 0.543. The zero-order valence-corrected chi connectivity index (χ0v) is 9.92. The lowest BCUT2D eigenvalue weighted by molar-refractivity contribution is 0.184. The molecule has 0 aliphatic carbocycles. The third kappa shape index (κ3) is 3.23. The first-order chi connectivity index (χ1) is 6.54. The first kappa shape index (κ1) is 11.4. The van der Waals surface area contributed by atoms with Crippen molar-refractivity contribution < 1.29 is 4.39 Å². The van der Waals surface area contributed by atoms with Crippen molar-refractivity contribution in [2.75, 3.05) is 6.80 Å². The molecule has 0 aliphatic rings. The molecule has 0 saturated carbocycles. The highest BCUT2D eigenvalue weighted by Crippen LogP contribution is 2.10. The summed E-state index contributed by atoms with van der Waals surface area (Å²) in [5, 5.41) is 1.18. The number of hydrogen-bond acceptors (Lipinski definition) is 1. The number of halogens is 1. The standard InChI is InChI=1S/C11H16FNSi/c1-11(2,3)13(9-12)14-10-7-5-4-6-8-10/h4-8H,9H2,1-3H3. The van der Waals surface area contributed by atoms with Gasteiger partial charge >= 0.3 is 0 Å². The number of alkyl halides is 1. The van der Waals surface area contributed by atoms with Gasteiger partial charge in [0.2, 0.25) is 0 Å². The van der Waals surface area contributed by atoms with Gasteiger partial charge in [0.25, 0.3) is 0 Å². The molecule has 0 atom stereocenters. The van der Waals surface area contributed by atoms with Crippen molar-refractivity contribution in [2.24, 2.45) is 0 Å². The molecule has 0 unspecified atom stereocenters. The molecule has 1 rings (SSSR count). The fraction of sp³-hybridized carbons (Fsp3) is 0.455. The maximum absolute atomic E-state index is 12.8. The Hall–Kier alpha value is -0.673. The molecular formula is C11H16FNSi. The Morgan fingerprint density at radius 2 is 1.79 bits per heavy atom. The second-order valence-corrected chi connectivity index (χ2v) is 5.54. The van der Waals surface area contributed by atoms with Gasteiger partial charge in [0.05, 0.1) is 0 Å². The van der Waals surface area contributed by atoms with Crippen molar-refractivity contribution in [3.8, 4) is 0 Å². The molecule has 1 aromatic carbocycles. The fourth-order valence-corrected chi connectivity index (χ4v) is 2.09. The second kappa shape index (κ2) is 4.71. The Labute approximate surface area is 87.8 Å². The van der Waals surface area contributed by atoms with Crippen LogP contribution in [0.4, 0.5) is 4.39 Å². The third-order valence-corrected chi connectivity index (χ3v) is 3.62. The molecule has 0 aromatic heterocycles. The first-order valence-electron chi connectivity index (χ1n) is 4.69. The normalized spacial score (nSPS) is 12.1. The highest BCUT2D eigenvalue weighted by Gasteiger charge is 2.21. The van der Waals surface area contributed by atoms with E-state index in [9.17, 15) is 4.39 Å². The summed E-state index contributed by atoms with van der Waals surface area (Å²) >= 11 is 0. The molecule has 76 valence electrons. The van der Waals surface area contributed by atoms with Crippen molar-refractivity contribution >= 4 is 14.9 Å². The predicted molar refractivity (Wildman–Crippen MR) is 59.4 cm³/mol. The Morgan fingerprint density at radius 1 is 1.21 bits per heavy atom. The van der Waals surface area contributed by atoms with E-state index in [-0.39, 0.29) is 5.54 Å². The Kier molecular flexibility index (Phi) is 3.83. The molecule has 0 aliphatic heterocycles. The summed E-state index contributed by atoms with van der Waals surface area (Å²) in [5.74, 6) is 0. The molecule has 0 saturated heterocycles. The highest BCUT2D eigenvalue weighted by molar-refractivity contribution is 6.50. The third-order valence-electron chi connectivity index (χ3n) is 1.97. The van der Waals surface area contributed by atoms with Gasteiger partial charge in [-0.15, -0.1) is 0 Å². The SMILES string of the molecule is CC(C)(C)N(CF)[Si]c1ccccc1. The summed E-state index contributed by atoms with van der Waals surface area (Å²) in [6, 6.07) is 10.0. The van der Waals surface area contributed by atoms with Crippen LogP contribution in [0.2, 0.25) is 0 Å². The summed E-state index contributed by atoms with van der Waals surface area (Å²) in [6.45, 7) is 5.70. The van der Waals surface area contributed by atoms with E-state index in [0.717, 1.165) is 0 Å². The Bertz CT molecular complexity index is 268. The number of rotatable bonds is 3. The summed E-state index contributed by atoms with van der Waals surface area (Å²) in [5.41, 5.74) is -0.108. The largest absolute Gasteiger partial charge is 0.290 e. The van der Waals surface area contributed by atoms with Gasteiger partial charge in [-0.25, -0.2) is 4.39 Å². The molecule has 0 fully saturated rings. The average Bonchev–Trinajstić information content (AvgIpc) is 2.14. The van der Waals surface area contributed by atoms with Crippen molar-refractivity contribution in [1.29, 1.82) is 0 Å². The minimum atomic E-state index is -0.392. The van der Waals surface area contributed by atoms with Gasteiger partial charge in [0.1, 0.15) is 6.80 Å². The molecule has 0 N–H and O–H groups in total. The Morgan fingerprint density at radius 3 is 2.21 bits per heavy atom. The minimum Gasteiger partial charge on any atom is -0.290 e. The second-order valence-electron chi connectivity index (χ2n) is 4.20. The molecule has 0 spiro atoms. The van der Waals surface area contributed by atoms with Crippen molar-refractivity contribution in [1.82, 2.24) is 4.57 Å². The van der Waals surface area contributed by atoms with Crippen molar-refractivity contribution in [2.45, 2.75) is 26.3 Å². The highest BCUT2D eigenvalue weighted by atomic mass is 28.2. The van der Waals surface area contributed by atoms with E-state index < -0.39 is 6.80 Å². The number of benzene rings is 1. The first-order valence-corrected chi connectivity index (χ1v) is 5.64. The van der Waals surface area contributed by atoms with Crippen LogP contribution in [0.15, 0.2) is 30.3 Å². The molecule has 0 heterocycles. The fourth-order valence-electron chi connectivity index (χ4n) is 1.05. The van der Waals surface area contributed by atoms with Crippen LogP contribution in [0.3, 0.4) is 0 Å². The van der Waals surface area contributed by atoms with Crippen LogP contribution in [0.1, 0.15) is 20.8 Å². The summed E-state index contributed by atoms with van der Waals surface area (Å²) in [4.78, 5) is 0. The van der Waals surface area contributed by atoms with Gasteiger partial charge < -0.3 is 0 Å². The molecule has 1 nitrogen and oxygen atoms in total. The average molecular weight is 209 g/mol. The summed E-state index contributed by atoms with van der Waals surface area (Å²) in [6.07, 6.45) is 0. The van der Waals surface area contributed by atoms with E-state index in [2.05, 4.69) is 0 Å². The Balaban J connectivity index is 2.67. The molecule has 2 radical (unpaired) electrons. The van der Waals surface area contributed by atoms with E-state index in [1.807, 2.05) is 55.7 Å². The van der Waals surface area contributed by atoms with Crippen molar-refractivity contribution in [3.63, 3.8) is 0 Å². The van der Waals surface area contributed by atoms with Gasteiger partial charge in [-0.3, -0.25) is 4.57 Å². The molecule has 0 amide bonds. The van der Waals surface area contributed by atoms with Gasteiger partial charge in [-0.05, 0) is 26.0 Å². The zero-order valence-electron chi connectivity index (χ0n) is 8.92. The van der Waals surface area contributed by atoms with Crippen LogP contribution in [-0.4, -0.2) is 26.6 Å². The van der Waals surface area contributed by atoms with Gasteiger partial charge in [-0.1, -0.05) is 30.3 Å². The van der Waals surface area contributed by atoms with E-state index in [1.165, 1.54) is 5.19 Å². The van der Waals surface area contributed by atoms with E-state index in [0.29, 0.717) is 9.68 Å². The number of hydrogen-bond donors (Lipinski definition) is 0. The van der Waals surface area contributed by atoms with E-state index in [1.54, 1.807) is 0 Å². The monoisotopic (exact) mass is 209 g/mol. The van der Waals surface area contributed by atoms with Crippen LogP contribution in [0.5, 0.6) is 0 Å². The molecular weight excluding hydrogens is 193 g/mol. The smallest absolute Gasteiger partial charge is 0.185 e. The molecule has 0 bridgehead atoms. The van der Waals surface area contributed by atoms with Crippen LogP contribution < -0.4 is 5.19 Å². The molecule has 14 heavy (non-hydrogen) atoms. The molecule has 1 aromatic rings. The van der Waals surface area contributed by atoms with Crippen LogP contribution in [0.25, 0.3) is 0 Å². The lowest BCUT2D eigenvalue weighted by Crippen LogP contribution is -2.47. The van der Waals surface area contributed by atoms with Gasteiger partial charge in [0.15, 0.2) is 9.68 Å². The topological polar surface area (TPSA) is 3.24 Å². The van der Waals surface area contributed by atoms with Crippen LogP contribution >= 0.6 is 0 Å². The van der Waals surface area contributed by atoms with E-state index >= 15 is 0 Å². The lowest BCUT2D eigenvalue weighted by Gasteiger charge is -2.32. The van der Waals surface area contributed by atoms with Crippen molar-refractivity contribution in [3.05, 3.63) is 30.3 Å². The molecule has 3 heteroatoms. The van der Waals surface area contributed by atoms with Gasteiger partial charge in [-0.2, -0.15) is 0 Å². The van der Waals surface area contributed by atoms with Crippen LogP contribution in [-0.2, 0) is 0 Å².